The summed E-state index contributed by atoms with van der Waals surface area (Å²) in [5.41, 5.74) is 13.5. The molecule has 12 aromatic rings. The van der Waals surface area contributed by atoms with Crippen LogP contribution in [0, 0.1) is 0 Å². The fraction of sp³-hybridized carbons (Fsp3) is 0. The van der Waals surface area contributed by atoms with E-state index in [0.29, 0.717) is 0 Å². The van der Waals surface area contributed by atoms with Crippen molar-refractivity contribution in [1.29, 1.82) is 0 Å². The van der Waals surface area contributed by atoms with E-state index < -0.39 is 0 Å². The molecule has 266 valence electrons. The number of hydrogen-bond acceptors (Lipinski definition) is 2. The van der Waals surface area contributed by atoms with Crippen molar-refractivity contribution in [3.8, 4) is 50.2 Å². The SMILES string of the molecule is c1ccc(-c2ccc3c(c2)c2cc(-c4ccccc4)ccc2n3-c2cccc3c2sc2c(-c4ccccc4)cc(-c4ccc5sc6ccccc6c5c4)cc23)cc1. The largest absolute Gasteiger partial charge is 0.308 e. The molecule has 0 unspecified atom stereocenters. The van der Waals surface area contributed by atoms with Gasteiger partial charge in [-0.3, -0.25) is 0 Å². The first kappa shape index (κ1) is 32.5. The minimum Gasteiger partial charge on any atom is -0.308 e. The molecule has 0 atom stereocenters. The molecule has 0 radical (unpaired) electrons. The first-order chi connectivity index (χ1) is 28.2. The normalized spacial score (nSPS) is 11.9. The topological polar surface area (TPSA) is 4.93 Å². The molecule has 57 heavy (non-hydrogen) atoms. The van der Waals surface area contributed by atoms with E-state index in [1.807, 2.05) is 22.7 Å². The molecule has 0 bridgehead atoms. The maximum Gasteiger partial charge on any atom is 0.0640 e. The van der Waals surface area contributed by atoms with Crippen molar-refractivity contribution in [2.45, 2.75) is 0 Å². The van der Waals surface area contributed by atoms with E-state index >= 15 is 0 Å². The van der Waals surface area contributed by atoms with Gasteiger partial charge in [-0.05, 0) is 99.6 Å². The van der Waals surface area contributed by atoms with E-state index in [0.717, 1.165) is 0 Å². The van der Waals surface area contributed by atoms with Crippen LogP contribution in [0.15, 0.2) is 200 Å². The van der Waals surface area contributed by atoms with E-state index in [9.17, 15) is 0 Å². The molecule has 0 saturated heterocycles. The highest BCUT2D eigenvalue weighted by Gasteiger charge is 2.20. The van der Waals surface area contributed by atoms with Gasteiger partial charge >= 0.3 is 0 Å². The van der Waals surface area contributed by atoms with Gasteiger partial charge in [-0.2, -0.15) is 0 Å². The van der Waals surface area contributed by atoms with E-state index in [4.69, 9.17) is 0 Å². The zero-order chi connectivity index (χ0) is 37.5. The second-order valence-corrected chi connectivity index (χ2v) is 17.0. The summed E-state index contributed by atoms with van der Waals surface area (Å²) < 4.78 is 7.77. The molecule has 0 N–H and O–H groups in total. The Morgan fingerprint density at radius 2 is 0.807 bits per heavy atom. The second-order valence-electron chi connectivity index (χ2n) is 14.9. The molecular formula is C54H33NS2. The summed E-state index contributed by atoms with van der Waals surface area (Å²) in [6, 6.07) is 73.9. The summed E-state index contributed by atoms with van der Waals surface area (Å²) >= 11 is 3.79. The lowest BCUT2D eigenvalue weighted by molar-refractivity contribution is 1.20. The first-order valence-electron chi connectivity index (χ1n) is 19.4. The van der Waals surface area contributed by atoms with Gasteiger partial charge in [0.25, 0.3) is 0 Å². The summed E-state index contributed by atoms with van der Waals surface area (Å²) in [7, 11) is 0. The lowest BCUT2D eigenvalue weighted by atomic mass is 9.95. The van der Waals surface area contributed by atoms with Crippen LogP contribution in [0.4, 0.5) is 0 Å². The van der Waals surface area contributed by atoms with Crippen molar-refractivity contribution >= 4 is 84.8 Å². The number of fused-ring (bicyclic) bond motifs is 9. The Hall–Kier alpha value is -6.78. The smallest absolute Gasteiger partial charge is 0.0640 e. The quantitative estimate of drug-likeness (QED) is 0.165. The van der Waals surface area contributed by atoms with Gasteiger partial charge in [-0.15, -0.1) is 22.7 Å². The van der Waals surface area contributed by atoms with E-state index in [2.05, 4.69) is 205 Å². The summed E-state index contributed by atoms with van der Waals surface area (Å²) in [5, 5.41) is 7.74. The first-order valence-corrected chi connectivity index (χ1v) is 21.0. The van der Waals surface area contributed by atoms with Gasteiger partial charge in [0.15, 0.2) is 0 Å². The monoisotopic (exact) mass is 759 g/mol. The van der Waals surface area contributed by atoms with Gasteiger partial charge in [-0.1, -0.05) is 140 Å². The van der Waals surface area contributed by atoms with Gasteiger partial charge in [0.1, 0.15) is 0 Å². The third-order valence-corrected chi connectivity index (χ3v) is 14.0. The minimum atomic E-state index is 1.21. The van der Waals surface area contributed by atoms with Crippen molar-refractivity contribution in [2.24, 2.45) is 0 Å². The molecule has 9 aromatic carbocycles. The van der Waals surface area contributed by atoms with Gasteiger partial charge in [0.05, 0.1) is 21.4 Å². The molecule has 3 heteroatoms. The van der Waals surface area contributed by atoms with Crippen molar-refractivity contribution < 1.29 is 0 Å². The van der Waals surface area contributed by atoms with Crippen LogP contribution in [0.3, 0.4) is 0 Å². The highest BCUT2D eigenvalue weighted by Crippen LogP contribution is 2.47. The molecule has 0 aliphatic carbocycles. The number of thiophene rings is 2. The van der Waals surface area contributed by atoms with Crippen LogP contribution >= 0.6 is 22.7 Å². The summed E-state index contributed by atoms with van der Waals surface area (Å²) in [6.07, 6.45) is 0. The van der Waals surface area contributed by atoms with E-state index in [1.165, 1.54) is 112 Å². The number of nitrogens with zero attached hydrogens (tertiary/aromatic N) is 1. The standard InChI is InChI=1S/C54H33NS2/c1-4-13-34(14-5-1)37-23-26-48-44(29-37)45-30-38(35-15-6-2-7-16-35)24-27-49(45)55(48)50-21-12-20-42-47-33-40(32-43(53(47)57-54(42)50)36-17-8-3-9-18-36)39-25-28-52-46(31-39)41-19-10-11-22-51(41)56-52/h1-33H. The average Bonchev–Trinajstić information content (AvgIpc) is 3.96. The van der Waals surface area contributed by atoms with Crippen LogP contribution in [0.1, 0.15) is 0 Å². The third-order valence-electron chi connectivity index (χ3n) is 11.6. The van der Waals surface area contributed by atoms with Gasteiger partial charge < -0.3 is 4.57 Å². The van der Waals surface area contributed by atoms with E-state index in [-0.39, 0.29) is 0 Å². The summed E-state index contributed by atoms with van der Waals surface area (Å²) in [4.78, 5) is 0. The van der Waals surface area contributed by atoms with Crippen LogP contribution in [0.5, 0.6) is 0 Å². The third kappa shape index (κ3) is 5.20. The molecule has 0 amide bonds. The molecular weight excluding hydrogens is 727 g/mol. The van der Waals surface area contributed by atoms with Gasteiger partial charge in [0, 0.05) is 52.0 Å². The maximum atomic E-state index is 2.50. The highest BCUT2D eigenvalue weighted by atomic mass is 32.1. The number of benzene rings is 9. The lowest BCUT2D eigenvalue weighted by Crippen LogP contribution is -1.94. The Balaban J connectivity index is 1.12. The molecule has 0 aliphatic heterocycles. The van der Waals surface area contributed by atoms with Crippen LogP contribution in [0.2, 0.25) is 0 Å². The predicted molar refractivity (Wildman–Crippen MR) is 248 cm³/mol. The van der Waals surface area contributed by atoms with Crippen molar-refractivity contribution in [3.63, 3.8) is 0 Å². The van der Waals surface area contributed by atoms with Gasteiger partial charge in [-0.25, -0.2) is 0 Å². The highest BCUT2D eigenvalue weighted by molar-refractivity contribution is 7.27. The molecule has 0 saturated carbocycles. The second kappa shape index (κ2) is 12.9. The number of rotatable bonds is 5. The summed E-state index contributed by atoms with van der Waals surface area (Å²) in [5.74, 6) is 0. The van der Waals surface area contributed by atoms with Crippen molar-refractivity contribution in [3.05, 3.63) is 200 Å². The van der Waals surface area contributed by atoms with Gasteiger partial charge in [0.2, 0.25) is 0 Å². The molecule has 0 aliphatic rings. The molecule has 0 fully saturated rings. The average molecular weight is 760 g/mol. The van der Waals surface area contributed by atoms with Crippen LogP contribution < -0.4 is 0 Å². The van der Waals surface area contributed by atoms with Crippen molar-refractivity contribution in [2.75, 3.05) is 0 Å². The predicted octanol–water partition coefficient (Wildman–Crippen LogP) is 16.2. The lowest BCUT2D eigenvalue weighted by Gasteiger charge is -2.10. The fourth-order valence-corrected chi connectivity index (χ4v) is 11.3. The minimum absolute atomic E-state index is 1.21. The number of hydrogen-bond donors (Lipinski definition) is 0. The Morgan fingerprint density at radius 1 is 0.281 bits per heavy atom. The van der Waals surface area contributed by atoms with Crippen LogP contribution in [-0.4, -0.2) is 4.57 Å². The molecule has 3 aromatic heterocycles. The van der Waals surface area contributed by atoms with Crippen LogP contribution in [-0.2, 0) is 0 Å². The van der Waals surface area contributed by atoms with Crippen LogP contribution in [0.25, 0.3) is 112 Å². The molecule has 3 heterocycles. The molecule has 0 spiro atoms. The zero-order valence-corrected chi connectivity index (χ0v) is 32.4. The number of aromatic nitrogens is 1. The molecule has 12 rings (SSSR count). The zero-order valence-electron chi connectivity index (χ0n) is 30.8. The van der Waals surface area contributed by atoms with E-state index in [1.54, 1.807) is 0 Å². The Morgan fingerprint density at radius 3 is 1.49 bits per heavy atom. The fourth-order valence-electron chi connectivity index (χ4n) is 8.87. The molecule has 1 nitrogen and oxygen atoms in total. The Labute approximate surface area is 338 Å². The van der Waals surface area contributed by atoms with Crippen molar-refractivity contribution in [1.82, 2.24) is 4.57 Å². The Bertz CT molecular complexity index is 3400. The Kier molecular flexibility index (Phi) is 7.34. The maximum absolute atomic E-state index is 2.50. The summed E-state index contributed by atoms with van der Waals surface area (Å²) in [6.45, 7) is 0.